The first-order valence-electron chi connectivity index (χ1n) is 7.42. The predicted octanol–water partition coefficient (Wildman–Crippen LogP) is 1.46. The van der Waals surface area contributed by atoms with Gasteiger partial charge in [0.05, 0.1) is 0 Å². The fourth-order valence-corrected chi connectivity index (χ4v) is 2.39. The van der Waals surface area contributed by atoms with E-state index in [2.05, 4.69) is 17.4 Å². The smallest absolute Gasteiger partial charge is 0.251 e. The molecule has 0 radical (unpaired) electrons. The van der Waals surface area contributed by atoms with Gasteiger partial charge in [-0.2, -0.15) is 0 Å². The Morgan fingerprint density at radius 2 is 2.00 bits per heavy atom. The minimum absolute atomic E-state index is 0.117. The Morgan fingerprint density at radius 1 is 1.30 bits per heavy atom. The maximum Gasteiger partial charge on any atom is 0.251 e. The molecular weight excluding hydrogens is 252 g/mol. The summed E-state index contributed by atoms with van der Waals surface area (Å²) in [6, 6.07) is 10.4. The molecule has 1 saturated heterocycles. The van der Waals surface area contributed by atoms with Crippen LogP contribution in [0.4, 0.5) is 0 Å². The molecule has 1 N–H and O–H groups in total. The molecule has 1 fully saturated rings. The summed E-state index contributed by atoms with van der Waals surface area (Å²) in [6.07, 6.45) is 1.61. The third-order valence-electron chi connectivity index (χ3n) is 3.60. The second kappa shape index (κ2) is 8.02. The number of hydrogen-bond acceptors (Lipinski definition) is 3. The van der Waals surface area contributed by atoms with Crippen molar-refractivity contribution in [2.45, 2.75) is 25.9 Å². The van der Waals surface area contributed by atoms with Crippen LogP contribution >= 0.6 is 0 Å². The number of aryl methyl sites for hydroxylation is 1. The van der Waals surface area contributed by atoms with Crippen molar-refractivity contribution >= 4 is 5.91 Å². The Balaban J connectivity index is 1.64. The monoisotopic (exact) mass is 276 g/mol. The Bertz CT molecular complexity index is 402. The van der Waals surface area contributed by atoms with E-state index in [-0.39, 0.29) is 12.0 Å². The van der Waals surface area contributed by atoms with Gasteiger partial charge in [-0.05, 0) is 25.3 Å². The van der Waals surface area contributed by atoms with Crippen LogP contribution in [0.3, 0.4) is 0 Å². The number of nitrogens with one attached hydrogen (secondary N) is 1. The van der Waals surface area contributed by atoms with Crippen molar-refractivity contribution in [3.05, 3.63) is 35.9 Å². The molecule has 1 aliphatic rings. The van der Waals surface area contributed by atoms with E-state index in [0.717, 1.165) is 39.0 Å². The summed E-state index contributed by atoms with van der Waals surface area (Å²) in [5, 5.41) is 3.24. The highest BCUT2D eigenvalue weighted by molar-refractivity contribution is 5.80. The van der Waals surface area contributed by atoms with E-state index in [1.165, 1.54) is 5.56 Å². The van der Waals surface area contributed by atoms with Crippen LogP contribution in [0.1, 0.15) is 18.9 Å². The van der Waals surface area contributed by atoms with Crippen LogP contribution in [0.25, 0.3) is 0 Å². The van der Waals surface area contributed by atoms with Gasteiger partial charge in [0, 0.05) is 32.8 Å². The third kappa shape index (κ3) is 4.62. The van der Waals surface area contributed by atoms with Crippen LogP contribution in [-0.4, -0.2) is 49.7 Å². The molecule has 0 aliphatic carbocycles. The van der Waals surface area contributed by atoms with E-state index < -0.39 is 0 Å². The summed E-state index contributed by atoms with van der Waals surface area (Å²) in [5.74, 6) is 0.117. The van der Waals surface area contributed by atoms with E-state index in [1.807, 2.05) is 30.0 Å². The van der Waals surface area contributed by atoms with Gasteiger partial charge in [-0.3, -0.25) is 4.79 Å². The maximum atomic E-state index is 12.1. The number of benzene rings is 1. The first kappa shape index (κ1) is 15.0. The van der Waals surface area contributed by atoms with Crippen molar-refractivity contribution in [2.75, 3.05) is 32.8 Å². The fraction of sp³-hybridized carbons (Fsp3) is 0.562. The lowest BCUT2D eigenvalue weighted by atomic mass is 10.1. The van der Waals surface area contributed by atoms with Crippen molar-refractivity contribution in [1.29, 1.82) is 0 Å². The normalized spacial score (nSPS) is 16.9. The number of nitrogens with zero attached hydrogens (tertiary/aromatic N) is 1. The molecule has 1 amide bonds. The lowest BCUT2D eigenvalue weighted by Gasteiger charge is -2.29. The molecule has 1 aromatic rings. The molecule has 1 aliphatic heterocycles. The molecular formula is C16H24N2O2. The van der Waals surface area contributed by atoms with Gasteiger partial charge in [-0.1, -0.05) is 30.3 Å². The molecule has 1 unspecified atom stereocenters. The van der Waals surface area contributed by atoms with Gasteiger partial charge >= 0.3 is 0 Å². The first-order chi connectivity index (χ1) is 9.77. The zero-order valence-electron chi connectivity index (χ0n) is 12.2. The first-order valence-corrected chi connectivity index (χ1v) is 7.42. The molecule has 110 valence electrons. The molecule has 1 atom stereocenters. The number of piperazine rings is 1. The molecule has 0 spiro atoms. The summed E-state index contributed by atoms with van der Waals surface area (Å²) >= 11 is 0. The highest BCUT2D eigenvalue weighted by Crippen LogP contribution is 2.05. The predicted molar refractivity (Wildman–Crippen MR) is 79.6 cm³/mol. The van der Waals surface area contributed by atoms with E-state index in [4.69, 9.17) is 4.74 Å². The van der Waals surface area contributed by atoms with Crippen LogP contribution in [0, 0.1) is 0 Å². The van der Waals surface area contributed by atoms with Gasteiger partial charge in [-0.15, -0.1) is 0 Å². The third-order valence-corrected chi connectivity index (χ3v) is 3.60. The number of amides is 1. The summed E-state index contributed by atoms with van der Waals surface area (Å²) < 4.78 is 5.67. The average Bonchev–Trinajstić information content (AvgIpc) is 2.52. The van der Waals surface area contributed by atoms with Gasteiger partial charge < -0.3 is 15.0 Å². The minimum Gasteiger partial charge on any atom is -0.369 e. The highest BCUT2D eigenvalue weighted by Gasteiger charge is 2.22. The lowest BCUT2D eigenvalue weighted by molar-refractivity contribution is -0.143. The molecule has 4 heteroatoms. The van der Waals surface area contributed by atoms with E-state index in [0.29, 0.717) is 6.61 Å². The maximum absolute atomic E-state index is 12.1. The van der Waals surface area contributed by atoms with Gasteiger partial charge in [0.2, 0.25) is 0 Å². The molecule has 0 saturated carbocycles. The second-order valence-corrected chi connectivity index (χ2v) is 5.18. The second-order valence-electron chi connectivity index (χ2n) is 5.18. The summed E-state index contributed by atoms with van der Waals surface area (Å²) in [4.78, 5) is 14.0. The van der Waals surface area contributed by atoms with Gasteiger partial charge in [0.25, 0.3) is 5.91 Å². The Hall–Kier alpha value is -1.39. The average molecular weight is 276 g/mol. The standard InChI is InChI=1S/C16H24N2O2/c1-14(16(19)18-11-9-17-10-12-18)20-13-5-8-15-6-3-2-4-7-15/h2-4,6-7,14,17H,5,8-13H2,1H3. The zero-order chi connectivity index (χ0) is 14.2. The summed E-state index contributed by atoms with van der Waals surface area (Å²) in [6.45, 7) is 5.83. The number of ether oxygens (including phenoxy) is 1. The molecule has 0 aromatic heterocycles. The van der Waals surface area contributed by atoms with Crippen LogP contribution in [0.15, 0.2) is 30.3 Å². The highest BCUT2D eigenvalue weighted by atomic mass is 16.5. The van der Waals surface area contributed by atoms with Crippen LogP contribution in [0.5, 0.6) is 0 Å². The Kier molecular flexibility index (Phi) is 6.02. The molecule has 20 heavy (non-hydrogen) atoms. The van der Waals surface area contributed by atoms with Crippen molar-refractivity contribution in [3.63, 3.8) is 0 Å². The molecule has 2 rings (SSSR count). The molecule has 1 aromatic carbocycles. The number of carbonyl (C=O) groups excluding carboxylic acids is 1. The molecule has 4 nitrogen and oxygen atoms in total. The van der Waals surface area contributed by atoms with Crippen LogP contribution in [0.2, 0.25) is 0 Å². The van der Waals surface area contributed by atoms with E-state index >= 15 is 0 Å². The zero-order valence-corrected chi connectivity index (χ0v) is 12.2. The van der Waals surface area contributed by atoms with Gasteiger partial charge in [0.15, 0.2) is 0 Å². The largest absolute Gasteiger partial charge is 0.369 e. The Labute approximate surface area is 121 Å². The SMILES string of the molecule is CC(OCCCc1ccccc1)C(=O)N1CCNCC1. The van der Waals surface area contributed by atoms with Gasteiger partial charge in [-0.25, -0.2) is 0 Å². The lowest BCUT2D eigenvalue weighted by Crippen LogP contribution is -2.49. The molecule has 1 heterocycles. The van der Waals surface area contributed by atoms with Crippen molar-refractivity contribution in [1.82, 2.24) is 10.2 Å². The number of rotatable bonds is 6. The van der Waals surface area contributed by atoms with Crippen molar-refractivity contribution in [3.8, 4) is 0 Å². The Morgan fingerprint density at radius 3 is 2.70 bits per heavy atom. The minimum atomic E-state index is -0.330. The van der Waals surface area contributed by atoms with E-state index in [9.17, 15) is 4.79 Å². The quantitative estimate of drug-likeness (QED) is 0.800. The summed E-state index contributed by atoms with van der Waals surface area (Å²) in [7, 11) is 0. The van der Waals surface area contributed by atoms with Gasteiger partial charge in [0.1, 0.15) is 6.10 Å². The fourth-order valence-electron chi connectivity index (χ4n) is 2.39. The van der Waals surface area contributed by atoms with Crippen molar-refractivity contribution in [2.24, 2.45) is 0 Å². The number of carbonyl (C=O) groups is 1. The summed E-state index contributed by atoms with van der Waals surface area (Å²) in [5.41, 5.74) is 1.32. The topological polar surface area (TPSA) is 41.6 Å². The number of hydrogen-bond donors (Lipinski definition) is 1. The van der Waals surface area contributed by atoms with Crippen LogP contribution in [-0.2, 0) is 16.0 Å². The van der Waals surface area contributed by atoms with Crippen LogP contribution < -0.4 is 5.32 Å². The van der Waals surface area contributed by atoms with E-state index in [1.54, 1.807) is 0 Å². The molecule has 0 bridgehead atoms. The van der Waals surface area contributed by atoms with Crippen molar-refractivity contribution < 1.29 is 9.53 Å².